The van der Waals surface area contributed by atoms with Gasteiger partial charge >= 0.3 is 0 Å². The van der Waals surface area contributed by atoms with Gasteiger partial charge in [0.1, 0.15) is 5.75 Å². The van der Waals surface area contributed by atoms with Crippen LogP contribution in [-0.4, -0.2) is 18.3 Å². The first-order chi connectivity index (χ1) is 7.27. The summed E-state index contributed by atoms with van der Waals surface area (Å²) >= 11 is 5.99. The Morgan fingerprint density at radius 2 is 2.13 bits per heavy atom. The molecule has 1 aromatic rings. The molecule has 0 fully saturated rings. The lowest BCUT2D eigenvalue weighted by atomic mass is 10.2. The molecule has 0 aliphatic heterocycles. The highest BCUT2D eigenvalue weighted by Gasteiger charge is 2.01. The van der Waals surface area contributed by atoms with Crippen molar-refractivity contribution in [2.45, 2.75) is 19.4 Å². The van der Waals surface area contributed by atoms with Crippen LogP contribution in [0.4, 0.5) is 0 Å². The van der Waals surface area contributed by atoms with Crippen molar-refractivity contribution in [3.8, 4) is 5.75 Å². The van der Waals surface area contributed by atoms with Crippen molar-refractivity contribution < 1.29 is 9.84 Å². The smallest absolute Gasteiger partial charge is 0.137 e. The predicted molar refractivity (Wildman–Crippen MR) is 61.2 cm³/mol. The quantitative estimate of drug-likeness (QED) is 0.734. The van der Waals surface area contributed by atoms with E-state index in [2.05, 4.69) is 0 Å². The molecule has 0 saturated carbocycles. The van der Waals surface area contributed by atoms with Crippen LogP contribution in [0.2, 0.25) is 5.02 Å². The van der Waals surface area contributed by atoms with Crippen molar-refractivity contribution in [2.75, 3.05) is 13.2 Å². The number of halogens is 1. The van der Waals surface area contributed by atoms with E-state index in [0.29, 0.717) is 23.9 Å². The summed E-state index contributed by atoms with van der Waals surface area (Å²) in [6, 6.07) is 5.53. The van der Waals surface area contributed by atoms with E-state index < -0.39 is 0 Å². The number of nitrogens with two attached hydrogens (primary N) is 1. The molecule has 4 heteroatoms. The molecule has 84 valence electrons. The zero-order valence-corrected chi connectivity index (χ0v) is 9.33. The van der Waals surface area contributed by atoms with E-state index in [1.165, 1.54) is 0 Å². The van der Waals surface area contributed by atoms with Gasteiger partial charge in [0.2, 0.25) is 0 Å². The highest BCUT2D eigenvalue weighted by atomic mass is 35.5. The van der Waals surface area contributed by atoms with Crippen molar-refractivity contribution in [1.29, 1.82) is 0 Å². The third-order valence-electron chi connectivity index (χ3n) is 2.04. The Morgan fingerprint density at radius 1 is 1.33 bits per heavy atom. The van der Waals surface area contributed by atoms with E-state index in [9.17, 15) is 0 Å². The summed E-state index contributed by atoms with van der Waals surface area (Å²) in [7, 11) is 0. The monoisotopic (exact) mass is 229 g/mol. The van der Waals surface area contributed by atoms with Crippen LogP contribution >= 0.6 is 11.6 Å². The maximum Gasteiger partial charge on any atom is 0.137 e. The van der Waals surface area contributed by atoms with Gasteiger partial charge in [-0.2, -0.15) is 0 Å². The Kier molecular flexibility index (Phi) is 5.47. The highest BCUT2D eigenvalue weighted by molar-refractivity contribution is 6.32. The summed E-state index contributed by atoms with van der Waals surface area (Å²) in [6.45, 7) is 1.25. The summed E-state index contributed by atoms with van der Waals surface area (Å²) in [4.78, 5) is 0. The molecule has 0 spiro atoms. The summed E-state index contributed by atoms with van der Waals surface area (Å²) in [5.41, 5.74) is 6.47. The standard InChI is InChI=1S/C11H16ClNO2/c12-10-7-9(8-13)3-4-11(10)15-6-2-1-5-14/h3-4,7,14H,1-2,5-6,8,13H2. The molecule has 0 unspecified atom stereocenters. The van der Waals surface area contributed by atoms with Crippen LogP contribution in [0.5, 0.6) is 5.75 Å². The van der Waals surface area contributed by atoms with Gasteiger partial charge in [-0.25, -0.2) is 0 Å². The Morgan fingerprint density at radius 3 is 2.73 bits per heavy atom. The van der Waals surface area contributed by atoms with Crippen molar-refractivity contribution in [3.63, 3.8) is 0 Å². The number of hydrogen-bond acceptors (Lipinski definition) is 3. The van der Waals surface area contributed by atoms with Crippen LogP contribution in [0.3, 0.4) is 0 Å². The zero-order chi connectivity index (χ0) is 11.1. The van der Waals surface area contributed by atoms with Gasteiger partial charge in [0.15, 0.2) is 0 Å². The second kappa shape index (κ2) is 6.67. The van der Waals surface area contributed by atoms with E-state index in [0.717, 1.165) is 18.4 Å². The Bertz CT molecular complexity index is 305. The summed E-state index contributed by atoms with van der Waals surface area (Å²) < 4.78 is 5.45. The molecule has 0 amide bonds. The summed E-state index contributed by atoms with van der Waals surface area (Å²) in [5, 5.41) is 9.18. The minimum atomic E-state index is 0.198. The predicted octanol–water partition coefficient (Wildman–Crippen LogP) is 1.95. The van der Waals surface area contributed by atoms with Crippen molar-refractivity contribution in [3.05, 3.63) is 28.8 Å². The number of unbranched alkanes of at least 4 members (excludes halogenated alkanes) is 1. The Labute approximate surface area is 94.8 Å². The fourth-order valence-corrected chi connectivity index (χ4v) is 1.44. The molecule has 0 radical (unpaired) electrons. The molecule has 3 nitrogen and oxygen atoms in total. The van der Waals surface area contributed by atoms with Crippen LogP contribution in [-0.2, 0) is 6.54 Å². The Balaban J connectivity index is 2.47. The molecule has 0 atom stereocenters. The van der Waals surface area contributed by atoms with E-state index in [1.54, 1.807) is 0 Å². The normalized spacial score (nSPS) is 10.3. The summed E-state index contributed by atoms with van der Waals surface area (Å²) in [5.74, 6) is 0.673. The molecule has 15 heavy (non-hydrogen) atoms. The fraction of sp³-hybridized carbons (Fsp3) is 0.455. The third kappa shape index (κ3) is 4.08. The molecule has 1 aromatic carbocycles. The van der Waals surface area contributed by atoms with Crippen molar-refractivity contribution >= 4 is 11.6 Å². The molecule has 0 aliphatic carbocycles. The van der Waals surface area contributed by atoms with Gasteiger partial charge in [-0.15, -0.1) is 0 Å². The van der Waals surface area contributed by atoms with Crippen LogP contribution < -0.4 is 10.5 Å². The minimum Gasteiger partial charge on any atom is -0.492 e. The van der Waals surface area contributed by atoms with Crippen molar-refractivity contribution in [1.82, 2.24) is 0 Å². The van der Waals surface area contributed by atoms with Crippen LogP contribution in [0, 0.1) is 0 Å². The molecular formula is C11H16ClNO2. The topological polar surface area (TPSA) is 55.5 Å². The van der Waals surface area contributed by atoms with E-state index in [-0.39, 0.29) is 6.61 Å². The molecule has 0 heterocycles. The fourth-order valence-electron chi connectivity index (χ4n) is 1.18. The number of benzene rings is 1. The molecule has 3 N–H and O–H groups in total. The second-order valence-electron chi connectivity index (χ2n) is 3.25. The largest absolute Gasteiger partial charge is 0.492 e. The third-order valence-corrected chi connectivity index (χ3v) is 2.34. The maximum absolute atomic E-state index is 8.59. The highest BCUT2D eigenvalue weighted by Crippen LogP contribution is 2.25. The molecule has 0 saturated heterocycles. The number of aliphatic hydroxyl groups excluding tert-OH is 1. The average Bonchev–Trinajstić information content (AvgIpc) is 2.26. The number of aliphatic hydroxyl groups is 1. The number of ether oxygens (including phenoxy) is 1. The molecule has 0 aromatic heterocycles. The van der Waals surface area contributed by atoms with Crippen molar-refractivity contribution in [2.24, 2.45) is 5.73 Å². The lowest BCUT2D eigenvalue weighted by Crippen LogP contribution is -2.00. The van der Waals surface area contributed by atoms with Gasteiger partial charge in [0.05, 0.1) is 11.6 Å². The lowest BCUT2D eigenvalue weighted by molar-refractivity contribution is 0.253. The maximum atomic E-state index is 8.59. The SMILES string of the molecule is NCc1ccc(OCCCCO)c(Cl)c1. The average molecular weight is 230 g/mol. The summed E-state index contributed by atoms with van der Waals surface area (Å²) in [6.07, 6.45) is 1.57. The van der Waals surface area contributed by atoms with E-state index >= 15 is 0 Å². The second-order valence-corrected chi connectivity index (χ2v) is 3.66. The zero-order valence-electron chi connectivity index (χ0n) is 8.58. The molecule has 1 rings (SSSR count). The number of rotatable bonds is 6. The first-order valence-electron chi connectivity index (χ1n) is 5.00. The van der Waals surface area contributed by atoms with E-state index in [1.807, 2.05) is 18.2 Å². The van der Waals surface area contributed by atoms with Gasteiger partial charge in [0, 0.05) is 13.2 Å². The number of hydrogen-bond donors (Lipinski definition) is 2. The van der Waals surface area contributed by atoms with Crippen LogP contribution in [0.1, 0.15) is 18.4 Å². The van der Waals surface area contributed by atoms with E-state index in [4.69, 9.17) is 27.2 Å². The van der Waals surface area contributed by atoms with Gasteiger partial charge in [0.25, 0.3) is 0 Å². The van der Waals surface area contributed by atoms with Gasteiger partial charge in [-0.05, 0) is 30.5 Å². The van der Waals surface area contributed by atoms with Gasteiger partial charge < -0.3 is 15.6 Å². The minimum absolute atomic E-state index is 0.198. The lowest BCUT2D eigenvalue weighted by Gasteiger charge is -2.08. The first kappa shape index (κ1) is 12.3. The molecular weight excluding hydrogens is 214 g/mol. The first-order valence-corrected chi connectivity index (χ1v) is 5.38. The van der Waals surface area contributed by atoms with Crippen LogP contribution in [0.15, 0.2) is 18.2 Å². The van der Waals surface area contributed by atoms with Gasteiger partial charge in [-0.1, -0.05) is 17.7 Å². The Hall–Kier alpha value is -0.770. The molecule has 0 bridgehead atoms. The van der Waals surface area contributed by atoms with Crippen LogP contribution in [0.25, 0.3) is 0 Å². The molecule has 0 aliphatic rings. The van der Waals surface area contributed by atoms with Gasteiger partial charge in [-0.3, -0.25) is 0 Å².